The van der Waals surface area contributed by atoms with Gasteiger partial charge in [-0.2, -0.15) is 4.98 Å². The van der Waals surface area contributed by atoms with Gasteiger partial charge in [0.05, 0.1) is 0 Å². The Kier molecular flexibility index (Phi) is 5.83. The molecule has 0 aliphatic carbocycles. The molecule has 0 bridgehead atoms. The van der Waals surface area contributed by atoms with Gasteiger partial charge in [-0.15, -0.1) is 0 Å². The zero-order valence-corrected chi connectivity index (χ0v) is 15.4. The minimum absolute atomic E-state index is 0.299. The van der Waals surface area contributed by atoms with Gasteiger partial charge in [0.1, 0.15) is 18.0 Å². The lowest BCUT2D eigenvalue weighted by Gasteiger charge is -2.31. The van der Waals surface area contributed by atoms with E-state index in [4.69, 9.17) is 4.52 Å². The highest BCUT2D eigenvalue weighted by Gasteiger charge is 2.17. The number of aromatic nitrogens is 4. The minimum Gasteiger partial charge on any atom is -0.370 e. The molecular weight excluding hydrogens is 316 g/mol. The second-order valence-corrected chi connectivity index (χ2v) is 7.19. The van der Waals surface area contributed by atoms with E-state index in [1.807, 2.05) is 6.07 Å². The molecule has 1 aliphatic heterocycles. The maximum atomic E-state index is 5.27. The fourth-order valence-corrected chi connectivity index (χ4v) is 3.07. The van der Waals surface area contributed by atoms with Crippen molar-refractivity contribution in [2.45, 2.75) is 52.4 Å². The third kappa shape index (κ3) is 4.90. The molecule has 1 saturated heterocycles. The van der Waals surface area contributed by atoms with Gasteiger partial charge in [0.25, 0.3) is 0 Å². The quantitative estimate of drug-likeness (QED) is 0.772. The van der Waals surface area contributed by atoms with E-state index in [-0.39, 0.29) is 0 Å². The Labute approximate surface area is 149 Å². The molecule has 3 heterocycles. The van der Waals surface area contributed by atoms with Gasteiger partial charge in [0.2, 0.25) is 5.89 Å². The summed E-state index contributed by atoms with van der Waals surface area (Å²) in [4.78, 5) is 15.5. The van der Waals surface area contributed by atoms with Crippen molar-refractivity contribution in [1.82, 2.24) is 20.1 Å². The standard InChI is InChI=1S/C18H28N6O/c1-13(2)18-22-17(25-23-18)7-4-8-19-15-10-16(21-12-20-15)24-9-5-6-14(3)11-24/h10,12-14H,4-9,11H2,1-3H3,(H,19,20,21). The first kappa shape index (κ1) is 17.6. The van der Waals surface area contributed by atoms with Crippen LogP contribution in [0.5, 0.6) is 0 Å². The molecule has 3 rings (SSSR count). The second kappa shape index (κ2) is 8.27. The highest BCUT2D eigenvalue weighted by Crippen LogP contribution is 2.22. The Hall–Kier alpha value is -2.18. The molecule has 136 valence electrons. The number of nitrogens with one attached hydrogen (secondary N) is 1. The van der Waals surface area contributed by atoms with Crippen LogP contribution in [0.1, 0.15) is 57.7 Å². The third-order valence-electron chi connectivity index (χ3n) is 4.51. The van der Waals surface area contributed by atoms with E-state index < -0.39 is 0 Å². The van der Waals surface area contributed by atoms with Crippen LogP contribution in [0.4, 0.5) is 11.6 Å². The number of rotatable bonds is 7. The number of anilines is 2. The number of nitrogens with zero attached hydrogens (tertiary/aromatic N) is 5. The number of piperidine rings is 1. The van der Waals surface area contributed by atoms with E-state index >= 15 is 0 Å². The Morgan fingerprint density at radius 1 is 1.36 bits per heavy atom. The summed E-state index contributed by atoms with van der Waals surface area (Å²) in [5.41, 5.74) is 0. The molecule has 25 heavy (non-hydrogen) atoms. The molecule has 1 unspecified atom stereocenters. The Balaban J connectivity index is 1.47. The van der Waals surface area contributed by atoms with E-state index in [2.05, 4.69) is 51.1 Å². The second-order valence-electron chi connectivity index (χ2n) is 7.19. The SMILES string of the molecule is CC1CCCN(c2cc(NCCCc3nc(C(C)C)no3)ncn2)C1. The van der Waals surface area contributed by atoms with Crippen LogP contribution in [-0.4, -0.2) is 39.7 Å². The lowest BCUT2D eigenvalue weighted by molar-refractivity contribution is 0.369. The topological polar surface area (TPSA) is 80.0 Å². The molecule has 0 aromatic carbocycles. The van der Waals surface area contributed by atoms with Gasteiger partial charge in [0.15, 0.2) is 5.82 Å². The molecule has 2 aromatic rings. The average Bonchev–Trinajstić information content (AvgIpc) is 3.08. The van der Waals surface area contributed by atoms with E-state index in [1.54, 1.807) is 6.33 Å². The summed E-state index contributed by atoms with van der Waals surface area (Å²) in [5.74, 6) is 4.40. The van der Waals surface area contributed by atoms with E-state index in [9.17, 15) is 0 Å². The first-order valence-electron chi connectivity index (χ1n) is 9.25. The van der Waals surface area contributed by atoms with Crippen LogP contribution in [-0.2, 0) is 6.42 Å². The minimum atomic E-state index is 0.299. The molecule has 0 amide bonds. The molecule has 7 heteroatoms. The third-order valence-corrected chi connectivity index (χ3v) is 4.51. The summed E-state index contributed by atoms with van der Waals surface area (Å²) in [6.07, 6.45) is 5.87. The zero-order valence-electron chi connectivity index (χ0n) is 15.4. The first-order chi connectivity index (χ1) is 12.1. The Morgan fingerprint density at radius 3 is 3.00 bits per heavy atom. The average molecular weight is 344 g/mol. The Morgan fingerprint density at radius 2 is 2.24 bits per heavy atom. The molecule has 1 atom stereocenters. The number of hydrogen-bond donors (Lipinski definition) is 1. The Bertz CT molecular complexity index is 671. The fourth-order valence-electron chi connectivity index (χ4n) is 3.07. The summed E-state index contributed by atoms with van der Waals surface area (Å²) in [5, 5.41) is 7.36. The predicted molar refractivity (Wildman–Crippen MR) is 97.8 cm³/mol. The van der Waals surface area contributed by atoms with Gasteiger partial charge in [-0.3, -0.25) is 0 Å². The van der Waals surface area contributed by atoms with Crippen LogP contribution in [0.2, 0.25) is 0 Å². The highest BCUT2D eigenvalue weighted by molar-refractivity contribution is 5.48. The summed E-state index contributed by atoms with van der Waals surface area (Å²) in [7, 11) is 0. The molecule has 7 nitrogen and oxygen atoms in total. The first-order valence-corrected chi connectivity index (χ1v) is 9.25. The molecule has 2 aromatic heterocycles. The summed E-state index contributed by atoms with van der Waals surface area (Å²) >= 11 is 0. The highest BCUT2D eigenvalue weighted by atomic mass is 16.5. The normalized spacial score (nSPS) is 17.9. The maximum absolute atomic E-state index is 5.27. The monoisotopic (exact) mass is 344 g/mol. The van der Waals surface area contributed by atoms with Crippen molar-refractivity contribution in [3.8, 4) is 0 Å². The van der Waals surface area contributed by atoms with Crippen molar-refractivity contribution in [3.05, 3.63) is 24.1 Å². The predicted octanol–water partition coefficient (Wildman–Crippen LogP) is 3.26. The molecule has 0 saturated carbocycles. The van der Waals surface area contributed by atoms with Crippen LogP contribution in [0, 0.1) is 5.92 Å². The van der Waals surface area contributed by atoms with E-state index in [0.29, 0.717) is 11.8 Å². The summed E-state index contributed by atoms with van der Waals surface area (Å²) in [6, 6.07) is 2.04. The molecule has 1 fully saturated rings. The summed E-state index contributed by atoms with van der Waals surface area (Å²) < 4.78 is 5.27. The lowest BCUT2D eigenvalue weighted by Crippen LogP contribution is -2.34. The van der Waals surface area contributed by atoms with Gasteiger partial charge in [-0.05, 0) is 25.2 Å². The smallest absolute Gasteiger partial charge is 0.226 e. The van der Waals surface area contributed by atoms with E-state index in [1.165, 1.54) is 12.8 Å². The number of hydrogen-bond acceptors (Lipinski definition) is 7. The van der Waals surface area contributed by atoms with Crippen LogP contribution in [0.3, 0.4) is 0 Å². The van der Waals surface area contributed by atoms with Gasteiger partial charge in [0, 0.05) is 38.0 Å². The molecule has 0 spiro atoms. The molecular formula is C18H28N6O. The molecule has 1 N–H and O–H groups in total. The van der Waals surface area contributed by atoms with Crippen LogP contribution >= 0.6 is 0 Å². The van der Waals surface area contributed by atoms with Gasteiger partial charge < -0.3 is 14.7 Å². The van der Waals surface area contributed by atoms with Crippen LogP contribution in [0.25, 0.3) is 0 Å². The van der Waals surface area contributed by atoms with Crippen molar-refractivity contribution in [2.24, 2.45) is 5.92 Å². The van der Waals surface area contributed by atoms with E-state index in [0.717, 1.165) is 55.9 Å². The van der Waals surface area contributed by atoms with Gasteiger partial charge in [-0.1, -0.05) is 25.9 Å². The van der Waals surface area contributed by atoms with Crippen molar-refractivity contribution < 1.29 is 4.52 Å². The van der Waals surface area contributed by atoms with Crippen molar-refractivity contribution in [1.29, 1.82) is 0 Å². The number of aryl methyl sites for hydroxylation is 1. The molecule has 0 radical (unpaired) electrons. The van der Waals surface area contributed by atoms with Gasteiger partial charge in [-0.25, -0.2) is 9.97 Å². The maximum Gasteiger partial charge on any atom is 0.226 e. The van der Waals surface area contributed by atoms with Crippen LogP contribution in [0.15, 0.2) is 16.9 Å². The van der Waals surface area contributed by atoms with Crippen molar-refractivity contribution in [2.75, 3.05) is 29.9 Å². The van der Waals surface area contributed by atoms with Gasteiger partial charge >= 0.3 is 0 Å². The van der Waals surface area contributed by atoms with Crippen LogP contribution < -0.4 is 10.2 Å². The fraction of sp³-hybridized carbons (Fsp3) is 0.667. The summed E-state index contributed by atoms with van der Waals surface area (Å²) in [6.45, 7) is 9.39. The van der Waals surface area contributed by atoms with Crippen molar-refractivity contribution >= 4 is 11.6 Å². The lowest BCUT2D eigenvalue weighted by atomic mass is 10.0. The molecule has 1 aliphatic rings. The van der Waals surface area contributed by atoms with Crippen molar-refractivity contribution in [3.63, 3.8) is 0 Å². The zero-order chi connectivity index (χ0) is 17.6. The largest absolute Gasteiger partial charge is 0.370 e.